The number of hydrogen-bond donors (Lipinski definition) is 1. The summed E-state index contributed by atoms with van der Waals surface area (Å²) >= 11 is 1.64. The van der Waals surface area contributed by atoms with Crippen LogP contribution >= 0.6 is 11.9 Å². The molecule has 2 aromatic carbocycles. The first-order valence-electron chi connectivity index (χ1n) is 10.1. The molecule has 1 atom stereocenters. The Labute approximate surface area is 173 Å². The largest absolute Gasteiger partial charge is 0.489 e. The van der Waals surface area contributed by atoms with Gasteiger partial charge in [-0.1, -0.05) is 18.9 Å². The van der Waals surface area contributed by atoms with Gasteiger partial charge >= 0.3 is 0 Å². The molecule has 1 saturated carbocycles. The summed E-state index contributed by atoms with van der Waals surface area (Å²) in [5.41, 5.74) is 3.78. The summed E-state index contributed by atoms with van der Waals surface area (Å²) in [5.74, 6) is 2.10. The quantitative estimate of drug-likeness (QED) is 0.592. The lowest BCUT2D eigenvalue weighted by molar-refractivity contribution is 0.208. The van der Waals surface area contributed by atoms with Gasteiger partial charge < -0.3 is 14.0 Å². The normalized spacial score (nSPS) is 18.0. The van der Waals surface area contributed by atoms with Gasteiger partial charge in [-0.05, 0) is 54.5 Å². The molecule has 2 heterocycles. The molecule has 29 heavy (non-hydrogen) atoms. The highest BCUT2D eigenvalue weighted by atomic mass is 32.2. The van der Waals surface area contributed by atoms with Crippen molar-refractivity contribution in [1.29, 1.82) is 0 Å². The van der Waals surface area contributed by atoms with Gasteiger partial charge in [0, 0.05) is 53.2 Å². The van der Waals surface area contributed by atoms with Crippen molar-refractivity contribution in [3.63, 3.8) is 0 Å². The summed E-state index contributed by atoms with van der Waals surface area (Å²) in [5, 5.41) is 1.13. The van der Waals surface area contributed by atoms with Gasteiger partial charge in [-0.25, -0.2) is 4.39 Å². The summed E-state index contributed by atoms with van der Waals surface area (Å²) < 4.78 is 25.5. The van der Waals surface area contributed by atoms with Gasteiger partial charge in [0.05, 0.1) is 0 Å². The number of aryl methyl sites for hydroxylation is 1. The van der Waals surface area contributed by atoms with Crippen molar-refractivity contribution in [2.24, 2.45) is 13.0 Å². The number of anilines is 1. The fraction of sp³-hybridized carbons (Fsp3) is 0.348. The van der Waals surface area contributed by atoms with E-state index >= 15 is 0 Å². The number of ether oxygens (including phenoxy) is 1. The minimum atomic E-state index is -0.351. The predicted octanol–water partition coefficient (Wildman–Crippen LogP) is 5.14. The lowest BCUT2D eigenvalue weighted by Gasteiger charge is -2.16. The molecule has 0 bridgehead atoms. The van der Waals surface area contributed by atoms with Crippen molar-refractivity contribution >= 4 is 28.4 Å². The van der Waals surface area contributed by atoms with Crippen molar-refractivity contribution in [1.82, 2.24) is 4.57 Å². The molecular weight excluding hydrogens is 387 g/mol. The monoisotopic (exact) mass is 410 g/mol. The predicted molar refractivity (Wildman–Crippen MR) is 117 cm³/mol. The summed E-state index contributed by atoms with van der Waals surface area (Å²) in [4.78, 5) is 12.6. The van der Waals surface area contributed by atoms with Crippen LogP contribution in [0.5, 0.6) is 5.75 Å². The van der Waals surface area contributed by atoms with E-state index in [4.69, 9.17) is 4.74 Å². The number of aromatic nitrogens is 1. The molecule has 1 unspecified atom stereocenters. The van der Waals surface area contributed by atoms with Crippen LogP contribution in [0.4, 0.5) is 10.1 Å². The highest BCUT2D eigenvalue weighted by molar-refractivity contribution is 8.00. The smallest absolute Gasteiger partial charge is 0.258 e. The van der Waals surface area contributed by atoms with Crippen molar-refractivity contribution in [2.75, 3.05) is 10.5 Å². The summed E-state index contributed by atoms with van der Waals surface area (Å²) in [6.07, 6.45) is 5.35. The number of hydrogen-bond acceptors (Lipinski definition) is 4. The summed E-state index contributed by atoms with van der Waals surface area (Å²) in [6.45, 7) is 2.10. The average molecular weight is 411 g/mol. The van der Waals surface area contributed by atoms with Crippen LogP contribution in [0.3, 0.4) is 0 Å². The van der Waals surface area contributed by atoms with Gasteiger partial charge in [0.1, 0.15) is 17.7 Å². The van der Waals surface area contributed by atoms with E-state index in [1.807, 2.05) is 0 Å². The SMILES string of the molecule is CCSNc1cc2c(c(-c3cn(C)c(=O)c4ccc(F)cc34)c1)OC(C1CC1)C2. The van der Waals surface area contributed by atoms with E-state index in [0.29, 0.717) is 16.7 Å². The third kappa shape index (κ3) is 3.29. The zero-order valence-electron chi connectivity index (χ0n) is 16.5. The highest BCUT2D eigenvalue weighted by Crippen LogP contribution is 2.47. The molecule has 0 saturated heterocycles. The number of fused-ring (bicyclic) bond motifs is 2. The van der Waals surface area contributed by atoms with E-state index in [1.165, 1.54) is 30.5 Å². The van der Waals surface area contributed by atoms with E-state index in [2.05, 4.69) is 23.8 Å². The Balaban J connectivity index is 1.73. The number of pyridine rings is 1. The van der Waals surface area contributed by atoms with Gasteiger partial charge in [-0.2, -0.15) is 0 Å². The number of nitrogens with zero attached hydrogens (tertiary/aromatic N) is 1. The molecule has 1 aliphatic heterocycles. The maximum absolute atomic E-state index is 14.1. The van der Waals surface area contributed by atoms with Crippen molar-refractivity contribution < 1.29 is 9.13 Å². The molecule has 0 amide bonds. The molecule has 0 spiro atoms. The van der Waals surface area contributed by atoms with Crippen LogP contribution < -0.4 is 15.0 Å². The second kappa shape index (κ2) is 7.10. The Hall–Kier alpha value is -2.47. The Bertz CT molecular complexity index is 1170. The third-order valence-electron chi connectivity index (χ3n) is 5.77. The molecule has 150 valence electrons. The van der Waals surface area contributed by atoms with Crippen LogP contribution in [0.1, 0.15) is 25.3 Å². The average Bonchev–Trinajstić information content (AvgIpc) is 3.47. The van der Waals surface area contributed by atoms with Crippen LogP contribution in [0.25, 0.3) is 21.9 Å². The topological polar surface area (TPSA) is 43.3 Å². The summed E-state index contributed by atoms with van der Waals surface area (Å²) in [7, 11) is 1.73. The van der Waals surface area contributed by atoms with Crippen molar-refractivity contribution in [3.05, 3.63) is 58.3 Å². The summed E-state index contributed by atoms with van der Waals surface area (Å²) in [6, 6.07) is 8.58. The molecule has 5 rings (SSSR count). The Kier molecular flexibility index (Phi) is 4.54. The molecule has 0 radical (unpaired) electrons. The molecule has 1 aliphatic carbocycles. The van der Waals surface area contributed by atoms with Crippen LogP contribution in [0, 0.1) is 11.7 Å². The fourth-order valence-electron chi connectivity index (χ4n) is 4.19. The van der Waals surface area contributed by atoms with Gasteiger partial charge in [0.2, 0.25) is 0 Å². The molecule has 6 heteroatoms. The fourth-order valence-corrected chi connectivity index (χ4v) is 4.62. The third-order valence-corrected chi connectivity index (χ3v) is 6.44. The minimum Gasteiger partial charge on any atom is -0.489 e. The molecular formula is C23H23FN2O2S. The maximum atomic E-state index is 14.1. The Morgan fingerprint density at radius 2 is 2.03 bits per heavy atom. The van der Waals surface area contributed by atoms with E-state index in [1.54, 1.807) is 35.8 Å². The van der Waals surface area contributed by atoms with E-state index in [-0.39, 0.29) is 17.5 Å². The van der Waals surface area contributed by atoms with E-state index < -0.39 is 0 Å². The van der Waals surface area contributed by atoms with Crippen molar-refractivity contribution in [3.8, 4) is 16.9 Å². The van der Waals surface area contributed by atoms with Gasteiger partial charge in [0.15, 0.2) is 0 Å². The van der Waals surface area contributed by atoms with Crippen LogP contribution in [0.2, 0.25) is 0 Å². The Morgan fingerprint density at radius 3 is 2.79 bits per heavy atom. The second-order valence-electron chi connectivity index (χ2n) is 7.89. The molecule has 4 nitrogen and oxygen atoms in total. The zero-order valence-corrected chi connectivity index (χ0v) is 17.3. The standard InChI is InChI=1S/C23H23FN2O2S/c1-3-29-25-16-8-14-9-21(13-4-5-13)28-22(14)19(11-16)20-12-26(2)23(27)17-7-6-15(24)10-18(17)20/h6-8,10-13,21,25H,3-5,9H2,1-2H3. The van der Waals surface area contributed by atoms with Gasteiger partial charge in [0.25, 0.3) is 5.56 Å². The van der Waals surface area contributed by atoms with E-state index in [0.717, 1.165) is 34.7 Å². The lowest BCUT2D eigenvalue weighted by atomic mass is 9.96. The first-order chi connectivity index (χ1) is 14.0. The molecule has 3 aromatic rings. The number of benzene rings is 2. The van der Waals surface area contributed by atoms with Crippen LogP contribution in [0.15, 0.2) is 41.3 Å². The number of rotatable bonds is 5. The Morgan fingerprint density at radius 1 is 1.21 bits per heavy atom. The zero-order chi connectivity index (χ0) is 20.1. The molecule has 2 aliphatic rings. The van der Waals surface area contributed by atoms with Crippen LogP contribution in [-0.2, 0) is 13.5 Å². The maximum Gasteiger partial charge on any atom is 0.258 e. The lowest BCUT2D eigenvalue weighted by Crippen LogP contribution is -2.17. The minimum absolute atomic E-state index is 0.131. The molecule has 1 fully saturated rings. The van der Waals surface area contributed by atoms with Gasteiger partial charge in [-0.3, -0.25) is 4.79 Å². The first kappa shape index (κ1) is 18.6. The first-order valence-corrected chi connectivity index (χ1v) is 11.0. The highest BCUT2D eigenvalue weighted by Gasteiger charge is 2.38. The number of nitrogens with one attached hydrogen (secondary N) is 1. The van der Waals surface area contributed by atoms with Gasteiger partial charge in [-0.15, -0.1) is 0 Å². The molecule has 1 aromatic heterocycles. The number of halogens is 1. The molecule has 1 N–H and O–H groups in total. The van der Waals surface area contributed by atoms with Crippen LogP contribution in [-0.4, -0.2) is 16.4 Å². The van der Waals surface area contributed by atoms with Crippen molar-refractivity contribution in [2.45, 2.75) is 32.3 Å². The van der Waals surface area contributed by atoms with E-state index in [9.17, 15) is 9.18 Å². The second-order valence-corrected chi connectivity index (χ2v) is 8.96.